The van der Waals surface area contributed by atoms with Crippen molar-refractivity contribution in [1.29, 1.82) is 0 Å². The van der Waals surface area contributed by atoms with E-state index in [1.54, 1.807) is 26.0 Å². The van der Waals surface area contributed by atoms with E-state index in [0.29, 0.717) is 11.3 Å². The number of urea groups is 1. The predicted octanol–water partition coefficient (Wildman–Crippen LogP) is 2.60. The normalized spacial score (nSPS) is 11.4. The Bertz CT molecular complexity index is 485. The number of carbonyl (C=O) groups excluding carboxylic acids is 1. The predicted molar refractivity (Wildman–Crippen MR) is 69.6 cm³/mol. The molecule has 1 aromatic carbocycles. The van der Waals surface area contributed by atoms with Crippen molar-refractivity contribution in [2.45, 2.75) is 19.9 Å². The van der Waals surface area contributed by atoms with Gasteiger partial charge in [-0.15, -0.1) is 6.58 Å². The molecular formula is C12H15N3O3. The zero-order valence-electron chi connectivity index (χ0n) is 10.3. The molecule has 1 rings (SSSR count). The van der Waals surface area contributed by atoms with E-state index in [9.17, 15) is 14.9 Å². The van der Waals surface area contributed by atoms with Gasteiger partial charge in [0.25, 0.3) is 5.69 Å². The molecule has 0 saturated carbocycles. The lowest BCUT2D eigenvalue weighted by molar-refractivity contribution is -0.385. The molecule has 0 aromatic heterocycles. The van der Waals surface area contributed by atoms with Crippen molar-refractivity contribution >= 4 is 17.4 Å². The highest BCUT2D eigenvalue weighted by molar-refractivity contribution is 5.89. The van der Waals surface area contributed by atoms with Crippen molar-refractivity contribution in [2.24, 2.45) is 0 Å². The fraction of sp³-hybridized carbons (Fsp3) is 0.250. The molecule has 2 N–H and O–H groups in total. The van der Waals surface area contributed by atoms with Crippen LogP contribution in [0.25, 0.3) is 0 Å². The minimum atomic E-state index is -0.459. The van der Waals surface area contributed by atoms with Crippen LogP contribution in [-0.2, 0) is 0 Å². The number of nitrogens with zero attached hydrogens (tertiary/aromatic N) is 1. The van der Waals surface area contributed by atoms with Gasteiger partial charge in [0.1, 0.15) is 0 Å². The summed E-state index contributed by atoms with van der Waals surface area (Å²) in [5.41, 5.74) is 1.03. The van der Waals surface area contributed by atoms with Crippen LogP contribution in [0.4, 0.5) is 16.2 Å². The standard InChI is InChI=1S/C12H15N3O3/c1-4-9(3)13-12(16)14-10-5-6-11(15(17)18)8(2)7-10/h4-7,9H,1H2,2-3H3,(H2,13,14,16)/t9-/m0/s1. The van der Waals surface area contributed by atoms with Gasteiger partial charge in [-0.1, -0.05) is 6.08 Å². The van der Waals surface area contributed by atoms with E-state index in [4.69, 9.17) is 0 Å². The van der Waals surface area contributed by atoms with Gasteiger partial charge in [-0.25, -0.2) is 4.79 Å². The Labute approximate surface area is 105 Å². The van der Waals surface area contributed by atoms with Crippen LogP contribution in [0.15, 0.2) is 30.9 Å². The molecule has 6 heteroatoms. The molecule has 18 heavy (non-hydrogen) atoms. The second kappa shape index (κ2) is 5.81. The van der Waals surface area contributed by atoms with Gasteiger partial charge < -0.3 is 10.6 Å². The average molecular weight is 249 g/mol. The smallest absolute Gasteiger partial charge is 0.319 e. The van der Waals surface area contributed by atoms with Crippen LogP contribution in [0.3, 0.4) is 0 Å². The molecule has 0 spiro atoms. The summed E-state index contributed by atoms with van der Waals surface area (Å²) >= 11 is 0. The van der Waals surface area contributed by atoms with Crippen LogP contribution in [0, 0.1) is 17.0 Å². The molecule has 0 aliphatic carbocycles. The monoisotopic (exact) mass is 249 g/mol. The maximum absolute atomic E-state index is 11.5. The molecule has 1 aromatic rings. The van der Waals surface area contributed by atoms with Crippen LogP contribution in [0.5, 0.6) is 0 Å². The minimum absolute atomic E-state index is 0.0282. The van der Waals surface area contributed by atoms with E-state index in [0.717, 1.165) is 0 Å². The van der Waals surface area contributed by atoms with Gasteiger partial charge in [0.05, 0.1) is 4.92 Å². The summed E-state index contributed by atoms with van der Waals surface area (Å²) in [6.07, 6.45) is 1.60. The Kier molecular flexibility index (Phi) is 4.42. The number of rotatable bonds is 4. The average Bonchev–Trinajstić information content (AvgIpc) is 2.28. The van der Waals surface area contributed by atoms with Gasteiger partial charge in [-0.3, -0.25) is 10.1 Å². The summed E-state index contributed by atoms with van der Waals surface area (Å²) in [5, 5.41) is 15.9. The number of nitro groups is 1. The molecule has 1 atom stereocenters. The number of aryl methyl sites for hydroxylation is 1. The number of carbonyl (C=O) groups is 1. The SMILES string of the molecule is C=C[C@H](C)NC(=O)Nc1ccc([N+](=O)[O-])c(C)c1. The van der Waals surface area contributed by atoms with Crippen molar-refractivity contribution in [3.63, 3.8) is 0 Å². The van der Waals surface area contributed by atoms with Crippen LogP contribution in [0.2, 0.25) is 0 Å². The van der Waals surface area contributed by atoms with Crippen molar-refractivity contribution in [3.8, 4) is 0 Å². The Hall–Kier alpha value is -2.37. The quantitative estimate of drug-likeness (QED) is 0.488. The maximum Gasteiger partial charge on any atom is 0.319 e. The molecule has 0 fully saturated rings. The van der Waals surface area contributed by atoms with E-state index in [2.05, 4.69) is 17.2 Å². The first kappa shape index (κ1) is 13.7. The van der Waals surface area contributed by atoms with Crippen molar-refractivity contribution in [3.05, 3.63) is 46.5 Å². The Morgan fingerprint density at radius 3 is 2.72 bits per heavy atom. The Morgan fingerprint density at radius 2 is 2.22 bits per heavy atom. The lowest BCUT2D eigenvalue weighted by Crippen LogP contribution is -2.34. The minimum Gasteiger partial charge on any atom is -0.332 e. The summed E-state index contributed by atoms with van der Waals surface area (Å²) in [4.78, 5) is 21.7. The van der Waals surface area contributed by atoms with Gasteiger partial charge >= 0.3 is 6.03 Å². The first-order valence-corrected chi connectivity index (χ1v) is 5.39. The zero-order chi connectivity index (χ0) is 13.7. The third kappa shape index (κ3) is 3.58. The van der Waals surface area contributed by atoms with Crippen LogP contribution in [0.1, 0.15) is 12.5 Å². The van der Waals surface area contributed by atoms with E-state index in [1.807, 2.05) is 0 Å². The Balaban J connectivity index is 2.74. The molecule has 0 aliphatic rings. The lowest BCUT2D eigenvalue weighted by Gasteiger charge is -2.11. The highest BCUT2D eigenvalue weighted by Crippen LogP contribution is 2.21. The molecule has 0 bridgehead atoms. The highest BCUT2D eigenvalue weighted by atomic mass is 16.6. The second-order valence-electron chi connectivity index (χ2n) is 3.88. The molecular weight excluding hydrogens is 234 g/mol. The molecule has 0 heterocycles. The van der Waals surface area contributed by atoms with Crippen molar-refractivity contribution in [2.75, 3.05) is 5.32 Å². The van der Waals surface area contributed by atoms with E-state index in [1.165, 1.54) is 12.1 Å². The fourth-order valence-electron chi connectivity index (χ4n) is 1.37. The number of hydrogen-bond acceptors (Lipinski definition) is 3. The lowest BCUT2D eigenvalue weighted by atomic mass is 10.2. The largest absolute Gasteiger partial charge is 0.332 e. The molecule has 6 nitrogen and oxygen atoms in total. The first-order valence-electron chi connectivity index (χ1n) is 5.39. The molecule has 96 valence electrons. The number of amides is 2. The summed E-state index contributed by atoms with van der Waals surface area (Å²) in [6, 6.07) is 3.88. The van der Waals surface area contributed by atoms with E-state index in [-0.39, 0.29) is 17.8 Å². The van der Waals surface area contributed by atoms with Gasteiger partial charge in [0.15, 0.2) is 0 Å². The molecule has 0 aliphatic heterocycles. The maximum atomic E-state index is 11.5. The Morgan fingerprint density at radius 1 is 1.56 bits per heavy atom. The molecule has 0 unspecified atom stereocenters. The molecule has 0 radical (unpaired) electrons. The fourth-order valence-corrected chi connectivity index (χ4v) is 1.37. The number of anilines is 1. The first-order chi connectivity index (χ1) is 8.43. The van der Waals surface area contributed by atoms with Crippen LogP contribution < -0.4 is 10.6 Å². The third-order valence-electron chi connectivity index (χ3n) is 2.36. The number of nitro benzene ring substituents is 1. The van der Waals surface area contributed by atoms with Gasteiger partial charge in [-0.05, 0) is 26.0 Å². The van der Waals surface area contributed by atoms with Crippen LogP contribution in [-0.4, -0.2) is 17.0 Å². The van der Waals surface area contributed by atoms with Gasteiger partial charge in [0.2, 0.25) is 0 Å². The van der Waals surface area contributed by atoms with Crippen molar-refractivity contribution in [1.82, 2.24) is 5.32 Å². The van der Waals surface area contributed by atoms with Gasteiger partial charge in [0, 0.05) is 23.4 Å². The summed E-state index contributed by atoms with van der Waals surface area (Å²) in [6.45, 7) is 6.95. The topological polar surface area (TPSA) is 84.3 Å². The van der Waals surface area contributed by atoms with Gasteiger partial charge in [-0.2, -0.15) is 0 Å². The van der Waals surface area contributed by atoms with E-state index >= 15 is 0 Å². The molecule has 0 saturated heterocycles. The van der Waals surface area contributed by atoms with Crippen LogP contribution >= 0.6 is 0 Å². The number of benzene rings is 1. The summed E-state index contributed by atoms with van der Waals surface area (Å²) in [7, 11) is 0. The van der Waals surface area contributed by atoms with Crippen molar-refractivity contribution < 1.29 is 9.72 Å². The highest BCUT2D eigenvalue weighted by Gasteiger charge is 2.11. The molecule has 2 amide bonds. The number of hydrogen-bond donors (Lipinski definition) is 2. The summed E-state index contributed by atoms with van der Waals surface area (Å²) in [5.74, 6) is 0. The zero-order valence-corrected chi connectivity index (χ0v) is 10.3. The third-order valence-corrected chi connectivity index (χ3v) is 2.36. The number of nitrogens with one attached hydrogen (secondary N) is 2. The van der Waals surface area contributed by atoms with E-state index < -0.39 is 4.92 Å². The summed E-state index contributed by atoms with van der Waals surface area (Å²) < 4.78 is 0. The second-order valence-corrected chi connectivity index (χ2v) is 3.88.